The van der Waals surface area contributed by atoms with Gasteiger partial charge in [-0.1, -0.05) is 6.07 Å². The van der Waals surface area contributed by atoms with E-state index in [4.69, 9.17) is 0 Å². The van der Waals surface area contributed by atoms with Gasteiger partial charge in [0.2, 0.25) is 5.91 Å². The lowest BCUT2D eigenvalue weighted by molar-refractivity contribution is -0.129. The molecule has 0 fully saturated rings. The summed E-state index contributed by atoms with van der Waals surface area (Å²) >= 11 is 0. The maximum absolute atomic E-state index is 13.0. The molecule has 0 heterocycles. The SMILES string of the molecule is CCN(CC)C(=O)CNC(=O)c1cc(S(=O)(=O)Nc2ccc(F)cc2)ccc1C. The van der Waals surface area contributed by atoms with Crippen molar-refractivity contribution in [1.82, 2.24) is 10.2 Å². The van der Waals surface area contributed by atoms with E-state index in [9.17, 15) is 22.4 Å². The highest BCUT2D eigenvalue weighted by atomic mass is 32.2. The van der Waals surface area contributed by atoms with Crippen molar-refractivity contribution in [2.24, 2.45) is 0 Å². The normalized spacial score (nSPS) is 11.0. The van der Waals surface area contributed by atoms with Crippen molar-refractivity contribution in [2.45, 2.75) is 25.7 Å². The van der Waals surface area contributed by atoms with Crippen molar-refractivity contribution in [1.29, 1.82) is 0 Å². The van der Waals surface area contributed by atoms with Crippen molar-refractivity contribution >= 4 is 27.5 Å². The predicted molar refractivity (Wildman–Crippen MR) is 109 cm³/mol. The van der Waals surface area contributed by atoms with Crippen LogP contribution in [-0.4, -0.2) is 44.8 Å². The number of carbonyl (C=O) groups excluding carboxylic acids is 2. The Balaban J connectivity index is 2.18. The zero-order valence-corrected chi connectivity index (χ0v) is 17.3. The number of carbonyl (C=O) groups is 2. The molecule has 7 nitrogen and oxygen atoms in total. The lowest BCUT2D eigenvalue weighted by atomic mass is 10.1. The lowest BCUT2D eigenvalue weighted by Gasteiger charge is -2.19. The fourth-order valence-corrected chi connectivity index (χ4v) is 3.77. The number of nitrogens with one attached hydrogen (secondary N) is 2. The van der Waals surface area contributed by atoms with Crippen LogP contribution in [0.4, 0.5) is 10.1 Å². The Bertz CT molecular complexity index is 987. The molecule has 156 valence electrons. The first kappa shape index (κ1) is 22.4. The van der Waals surface area contributed by atoms with Crippen LogP contribution in [0.2, 0.25) is 0 Å². The monoisotopic (exact) mass is 421 g/mol. The Morgan fingerprint density at radius 1 is 1.03 bits per heavy atom. The van der Waals surface area contributed by atoms with E-state index >= 15 is 0 Å². The Kier molecular flexibility index (Phi) is 7.33. The molecule has 0 saturated carbocycles. The summed E-state index contributed by atoms with van der Waals surface area (Å²) in [6.07, 6.45) is 0. The van der Waals surface area contributed by atoms with Crippen LogP contribution in [-0.2, 0) is 14.8 Å². The van der Waals surface area contributed by atoms with E-state index in [0.29, 0.717) is 18.7 Å². The van der Waals surface area contributed by atoms with Gasteiger partial charge in [-0.05, 0) is 62.7 Å². The average Bonchev–Trinajstić information content (AvgIpc) is 2.69. The summed E-state index contributed by atoms with van der Waals surface area (Å²) in [5, 5.41) is 2.54. The molecular weight excluding hydrogens is 397 g/mol. The summed E-state index contributed by atoms with van der Waals surface area (Å²) in [5.74, 6) is -1.24. The van der Waals surface area contributed by atoms with Gasteiger partial charge in [0.25, 0.3) is 15.9 Å². The molecule has 29 heavy (non-hydrogen) atoms. The molecule has 0 unspecified atom stereocenters. The molecule has 2 aromatic carbocycles. The molecule has 0 aliphatic heterocycles. The van der Waals surface area contributed by atoms with Gasteiger partial charge in [-0.15, -0.1) is 0 Å². The average molecular weight is 421 g/mol. The number of amides is 2. The minimum Gasteiger partial charge on any atom is -0.343 e. The number of rotatable bonds is 8. The molecule has 2 amide bonds. The molecule has 9 heteroatoms. The first-order chi connectivity index (χ1) is 13.7. The molecule has 0 bridgehead atoms. The van der Waals surface area contributed by atoms with Crippen molar-refractivity contribution in [3.8, 4) is 0 Å². The van der Waals surface area contributed by atoms with Crippen LogP contribution in [0.15, 0.2) is 47.4 Å². The van der Waals surface area contributed by atoms with Gasteiger partial charge in [-0.3, -0.25) is 14.3 Å². The van der Waals surface area contributed by atoms with Crippen molar-refractivity contribution in [3.05, 3.63) is 59.4 Å². The summed E-state index contributed by atoms with van der Waals surface area (Å²) in [4.78, 5) is 26.0. The standard InChI is InChI=1S/C20H24FN3O4S/c1-4-24(5-2)19(25)13-22-20(26)18-12-17(11-6-14(18)3)29(27,28)23-16-9-7-15(21)8-10-16/h6-12,23H,4-5,13H2,1-3H3,(H,22,26). The van der Waals surface area contributed by atoms with Crippen LogP contribution in [0.25, 0.3) is 0 Å². The number of sulfonamides is 1. The molecule has 0 spiro atoms. The summed E-state index contributed by atoms with van der Waals surface area (Å²) in [7, 11) is -3.98. The molecule has 0 atom stereocenters. The smallest absolute Gasteiger partial charge is 0.261 e. The number of nitrogens with zero attached hydrogens (tertiary/aromatic N) is 1. The summed E-state index contributed by atoms with van der Waals surface area (Å²) in [5.41, 5.74) is 0.917. The largest absolute Gasteiger partial charge is 0.343 e. The molecule has 2 N–H and O–H groups in total. The van der Waals surface area contributed by atoms with E-state index in [0.717, 1.165) is 12.1 Å². The second kappa shape index (κ2) is 9.51. The third-order valence-corrected chi connectivity index (χ3v) is 5.76. The van der Waals surface area contributed by atoms with Crippen molar-refractivity contribution in [3.63, 3.8) is 0 Å². The Morgan fingerprint density at radius 3 is 2.24 bits per heavy atom. The number of anilines is 1. The molecule has 0 aliphatic rings. The quantitative estimate of drug-likeness (QED) is 0.685. The van der Waals surface area contributed by atoms with Gasteiger partial charge in [0.05, 0.1) is 11.4 Å². The minimum atomic E-state index is -3.98. The van der Waals surface area contributed by atoms with Crippen molar-refractivity contribution < 1.29 is 22.4 Å². The molecule has 0 aliphatic carbocycles. The highest BCUT2D eigenvalue weighted by Gasteiger charge is 2.19. The minimum absolute atomic E-state index is 0.118. The summed E-state index contributed by atoms with van der Waals surface area (Å²) in [6.45, 7) is 6.25. The van der Waals surface area contributed by atoms with Gasteiger partial charge >= 0.3 is 0 Å². The van der Waals surface area contributed by atoms with E-state index in [-0.39, 0.29) is 28.6 Å². The van der Waals surface area contributed by atoms with E-state index in [1.165, 1.54) is 30.3 Å². The Hall–Kier alpha value is -2.94. The van der Waals surface area contributed by atoms with Crippen LogP contribution in [0.1, 0.15) is 29.8 Å². The highest BCUT2D eigenvalue weighted by molar-refractivity contribution is 7.92. The lowest BCUT2D eigenvalue weighted by Crippen LogP contribution is -2.40. The van der Waals surface area contributed by atoms with Gasteiger partial charge in [-0.2, -0.15) is 0 Å². The number of likely N-dealkylation sites (N-methyl/N-ethyl adjacent to an activating group) is 1. The molecule has 0 saturated heterocycles. The topological polar surface area (TPSA) is 95.6 Å². The van der Waals surface area contributed by atoms with Crippen LogP contribution >= 0.6 is 0 Å². The van der Waals surface area contributed by atoms with Crippen LogP contribution in [0.5, 0.6) is 0 Å². The van der Waals surface area contributed by atoms with Gasteiger partial charge in [0.1, 0.15) is 5.82 Å². The third-order valence-electron chi connectivity index (χ3n) is 4.38. The fourth-order valence-electron chi connectivity index (χ4n) is 2.68. The van der Waals surface area contributed by atoms with Gasteiger partial charge in [0.15, 0.2) is 0 Å². The van der Waals surface area contributed by atoms with Crippen molar-refractivity contribution in [2.75, 3.05) is 24.4 Å². The highest BCUT2D eigenvalue weighted by Crippen LogP contribution is 2.19. The van der Waals surface area contributed by atoms with Crippen LogP contribution < -0.4 is 10.0 Å². The fraction of sp³-hybridized carbons (Fsp3) is 0.300. The second-order valence-electron chi connectivity index (χ2n) is 6.34. The maximum atomic E-state index is 13.0. The molecule has 2 rings (SSSR count). The molecular formula is C20H24FN3O4S. The second-order valence-corrected chi connectivity index (χ2v) is 8.02. The predicted octanol–water partition coefficient (Wildman–Crippen LogP) is 2.53. The first-order valence-electron chi connectivity index (χ1n) is 9.13. The zero-order chi connectivity index (χ0) is 21.6. The number of halogens is 1. The van der Waals surface area contributed by atoms with E-state index < -0.39 is 21.7 Å². The van der Waals surface area contributed by atoms with Crippen LogP contribution in [0.3, 0.4) is 0 Å². The Morgan fingerprint density at radius 2 is 1.66 bits per heavy atom. The van der Waals surface area contributed by atoms with Gasteiger partial charge in [0, 0.05) is 24.3 Å². The number of benzene rings is 2. The maximum Gasteiger partial charge on any atom is 0.261 e. The van der Waals surface area contributed by atoms with Gasteiger partial charge < -0.3 is 10.2 Å². The van der Waals surface area contributed by atoms with E-state index in [1.54, 1.807) is 11.8 Å². The van der Waals surface area contributed by atoms with Gasteiger partial charge in [-0.25, -0.2) is 12.8 Å². The molecule has 0 aromatic heterocycles. The number of hydrogen-bond acceptors (Lipinski definition) is 4. The van der Waals surface area contributed by atoms with Crippen LogP contribution in [0, 0.1) is 12.7 Å². The first-order valence-corrected chi connectivity index (χ1v) is 10.6. The Labute approximate surface area is 170 Å². The number of hydrogen-bond donors (Lipinski definition) is 2. The third kappa shape index (κ3) is 5.77. The molecule has 0 radical (unpaired) electrons. The summed E-state index contributed by atoms with van der Waals surface area (Å²) < 4.78 is 40.6. The molecule has 2 aromatic rings. The summed E-state index contributed by atoms with van der Waals surface area (Å²) in [6, 6.07) is 9.01. The van der Waals surface area contributed by atoms with E-state index in [2.05, 4.69) is 10.0 Å². The number of aryl methyl sites for hydroxylation is 1. The zero-order valence-electron chi connectivity index (χ0n) is 16.5. The van der Waals surface area contributed by atoms with E-state index in [1.807, 2.05) is 13.8 Å².